The van der Waals surface area contributed by atoms with Crippen molar-refractivity contribution in [3.05, 3.63) is 35.6 Å². The Hall–Kier alpha value is -1.95. The van der Waals surface area contributed by atoms with Gasteiger partial charge in [0.15, 0.2) is 0 Å². The molecule has 0 unspecified atom stereocenters. The maximum atomic E-state index is 13.0. The summed E-state index contributed by atoms with van der Waals surface area (Å²) in [6.07, 6.45) is 1.81. The number of methoxy groups -OCH3 is 1. The van der Waals surface area contributed by atoms with Crippen molar-refractivity contribution in [2.75, 3.05) is 26.8 Å². The Labute approximate surface area is 142 Å². The first kappa shape index (κ1) is 18.4. The molecule has 1 N–H and O–H groups in total. The zero-order valence-corrected chi connectivity index (χ0v) is 14.3. The van der Waals surface area contributed by atoms with Gasteiger partial charge in [-0.05, 0) is 37.5 Å². The van der Waals surface area contributed by atoms with Crippen molar-refractivity contribution >= 4 is 11.8 Å². The first-order valence-electron chi connectivity index (χ1n) is 8.31. The van der Waals surface area contributed by atoms with E-state index in [1.807, 2.05) is 6.92 Å². The normalized spacial score (nSPS) is 20.7. The second-order valence-corrected chi connectivity index (χ2v) is 6.26. The molecule has 0 aromatic heterocycles. The van der Waals surface area contributed by atoms with Crippen LogP contribution in [0, 0.1) is 11.7 Å². The number of carbonyl (C=O) groups excluding carboxylic acids is 2. The fraction of sp³-hybridized carbons (Fsp3) is 0.556. The van der Waals surface area contributed by atoms with Crippen LogP contribution >= 0.6 is 0 Å². The zero-order chi connectivity index (χ0) is 17.5. The van der Waals surface area contributed by atoms with Gasteiger partial charge >= 0.3 is 0 Å². The topological polar surface area (TPSA) is 58.6 Å². The Morgan fingerprint density at radius 2 is 2.00 bits per heavy atom. The van der Waals surface area contributed by atoms with Gasteiger partial charge in [0.1, 0.15) is 5.82 Å². The molecular weight excluding hydrogens is 311 g/mol. The number of rotatable bonds is 6. The summed E-state index contributed by atoms with van der Waals surface area (Å²) in [5.41, 5.74) is 0.778. The van der Waals surface area contributed by atoms with Crippen molar-refractivity contribution in [3.8, 4) is 0 Å². The van der Waals surface area contributed by atoms with E-state index in [2.05, 4.69) is 5.32 Å². The minimum atomic E-state index is -0.315. The van der Waals surface area contributed by atoms with Crippen LogP contribution in [0.2, 0.25) is 0 Å². The van der Waals surface area contributed by atoms with E-state index in [-0.39, 0.29) is 36.0 Å². The first-order valence-corrected chi connectivity index (χ1v) is 8.31. The highest BCUT2D eigenvalue weighted by atomic mass is 19.1. The van der Waals surface area contributed by atoms with Crippen molar-refractivity contribution in [1.29, 1.82) is 0 Å². The van der Waals surface area contributed by atoms with E-state index in [9.17, 15) is 14.0 Å². The predicted molar refractivity (Wildman–Crippen MR) is 88.9 cm³/mol. The highest BCUT2D eigenvalue weighted by molar-refractivity contribution is 5.82. The van der Waals surface area contributed by atoms with E-state index in [0.29, 0.717) is 19.7 Å². The van der Waals surface area contributed by atoms with Crippen molar-refractivity contribution in [3.63, 3.8) is 0 Å². The summed E-state index contributed by atoms with van der Waals surface area (Å²) in [5.74, 6) is -0.553. The third kappa shape index (κ3) is 5.03. The van der Waals surface area contributed by atoms with E-state index in [4.69, 9.17) is 4.74 Å². The third-order valence-electron chi connectivity index (χ3n) is 4.45. The van der Waals surface area contributed by atoms with Crippen LogP contribution in [0.4, 0.5) is 4.39 Å². The number of hydrogen-bond donors (Lipinski definition) is 1. The summed E-state index contributed by atoms with van der Waals surface area (Å²) < 4.78 is 17.9. The highest BCUT2D eigenvalue weighted by Crippen LogP contribution is 2.23. The lowest BCUT2D eigenvalue weighted by atomic mass is 9.92. The fourth-order valence-corrected chi connectivity index (χ4v) is 2.97. The molecule has 1 fully saturated rings. The minimum absolute atomic E-state index is 0.0245. The number of piperidine rings is 1. The highest BCUT2D eigenvalue weighted by Gasteiger charge is 2.32. The summed E-state index contributed by atoms with van der Waals surface area (Å²) in [6.45, 7) is 3.38. The van der Waals surface area contributed by atoms with E-state index in [1.54, 1.807) is 24.1 Å². The number of nitrogens with zero attached hydrogens (tertiary/aromatic N) is 1. The molecule has 6 heteroatoms. The molecule has 0 spiro atoms. The summed E-state index contributed by atoms with van der Waals surface area (Å²) in [5, 5.41) is 2.84. The second kappa shape index (κ2) is 8.78. The van der Waals surface area contributed by atoms with Crippen LogP contribution in [-0.4, -0.2) is 49.6 Å². The largest absolute Gasteiger partial charge is 0.383 e. The third-order valence-corrected chi connectivity index (χ3v) is 4.45. The molecule has 2 atom stereocenters. The zero-order valence-electron chi connectivity index (χ0n) is 14.3. The SMILES string of the molecule is COCCNC(=O)[C@@H]1CC[C@@H](C)N(C(=O)Cc2ccc(F)cc2)C1. The molecule has 132 valence electrons. The van der Waals surface area contributed by atoms with Gasteiger partial charge in [0.25, 0.3) is 0 Å². The lowest BCUT2D eigenvalue weighted by Gasteiger charge is -2.37. The average molecular weight is 336 g/mol. The molecule has 0 radical (unpaired) electrons. The number of hydrogen-bond acceptors (Lipinski definition) is 3. The molecule has 1 aromatic rings. The van der Waals surface area contributed by atoms with Crippen molar-refractivity contribution in [1.82, 2.24) is 10.2 Å². The fourth-order valence-electron chi connectivity index (χ4n) is 2.97. The van der Waals surface area contributed by atoms with Gasteiger partial charge in [-0.15, -0.1) is 0 Å². The number of nitrogens with one attached hydrogen (secondary N) is 1. The van der Waals surface area contributed by atoms with Gasteiger partial charge < -0.3 is 15.0 Å². The average Bonchev–Trinajstić information content (AvgIpc) is 2.57. The van der Waals surface area contributed by atoms with E-state index in [1.165, 1.54) is 12.1 Å². The number of ether oxygens (including phenoxy) is 1. The first-order chi connectivity index (χ1) is 11.5. The molecule has 1 aliphatic heterocycles. The smallest absolute Gasteiger partial charge is 0.227 e. The van der Waals surface area contributed by atoms with Crippen molar-refractivity contribution in [2.45, 2.75) is 32.2 Å². The summed E-state index contributed by atoms with van der Waals surface area (Å²) in [6, 6.07) is 6.07. The van der Waals surface area contributed by atoms with Crippen molar-refractivity contribution in [2.24, 2.45) is 5.92 Å². The van der Waals surface area contributed by atoms with Gasteiger partial charge in [-0.2, -0.15) is 0 Å². The van der Waals surface area contributed by atoms with E-state index < -0.39 is 0 Å². The molecule has 0 saturated carbocycles. The lowest BCUT2D eigenvalue weighted by Crippen LogP contribution is -2.50. The van der Waals surface area contributed by atoms with E-state index >= 15 is 0 Å². The minimum Gasteiger partial charge on any atom is -0.383 e. The Balaban J connectivity index is 1.93. The monoisotopic (exact) mass is 336 g/mol. The van der Waals surface area contributed by atoms with Crippen LogP contribution in [0.3, 0.4) is 0 Å². The second-order valence-electron chi connectivity index (χ2n) is 6.26. The Bertz CT molecular complexity index is 562. The van der Waals surface area contributed by atoms with Crippen LogP contribution in [0.5, 0.6) is 0 Å². The lowest BCUT2D eigenvalue weighted by molar-refractivity contribution is -0.137. The number of likely N-dealkylation sites (tertiary alicyclic amines) is 1. The van der Waals surface area contributed by atoms with Crippen LogP contribution in [0.15, 0.2) is 24.3 Å². The number of halogens is 1. The predicted octanol–water partition coefficient (Wildman–Crippen LogP) is 1.76. The number of benzene rings is 1. The molecule has 0 bridgehead atoms. The van der Waals surface area contributed by atoms with E-state index in [0.717, 1.165) is 18.4 Å². The van der Waals surface area contributed by atoms with Gasteiger partial charge in [0.2, 0.25) is 11.8 Å². The molecule has 1 aromatic carbocycles. The quantitative estimate of drug-likeness (QED) is 0.806. The summed E-state index contributed by atoms with van der Waals surface area (Å²) in [4.78, 5) is 26.5. The molecule has 1 aliphatic rings. The summed E-state index contributed by atoms with van der Waals surface area (Å²) in [7, 11) is 1.59. The van der Waals surface area contributed by atoms with Crippen LogP contribution < -0.4 is 5.32 Å². The van der Waals surface area contributed by atoms with Gasteiger partial charge in [0, 0.05) is 26.2 Å². The standard InChI is InChI=1S/C18H25FN2O3/c1-13-3-6-15(18(23)20-9-10-24-2)12-21(13)17(22)11-14-4-7-16(19)8-5-14/h4-5,7-8,13,15H,3,6,9-12H2,1-2H3,(H,20,23)/t13-,15-/m1/s1. The number of carbonyl (C=O) groups is 2. The molecular formula is C18H25FN2O3. The Morgan fingerprint density at radius 3 is 2.67 bits per heavy atom. The van der Waals surface area contributed by atoms with Crippen LogP contribution in [0.25, 0.3) is 0 Å². The molecule has 1 heterocycles. The molecule has 1 saturated heterocycles. The summed E-state index contributed by atoms with van der Waals surface area (Å²) >= 11 is 0. The molecule has 24 heavy (non-hydrogen) atoms. The molecule has 5 nitrogen and oxygen atoms in total. The Kier molecular flexibility index (Phi) is 6.73. The van der Waals surface area contributed by atoms with Gasteiger partial charge in [-0.25, -0.2) is 4.39 Å². The van der Waals surface area contributed by atoms with Gasteiger partial charge in [0.05, 0.1) is 18.9 Å². The van der Waals surface area contributed by atoms with Crippen LogP contribution in [-0.2, 0) is 20.7 Å². The maximum Gasteiger partial charge on any atom is 0.227 e. The molecule has 0 aliphatic carbocycles. The van der Waals surface area contributed by atoms with Gasteiger partial charge in [-0.1, -0.05) is 12.1 Å². The maximum absolute atomic E-state index is 13.0. The van der Waals surface area contributed by atoms with Gasteiger partial charge in [-0.3, -0.25) is 9.59 Å². The number of amides is 2. The Morgan fingerprint density at radius 1 is 1.29 bits per heavy atom. The van der Waals surface area contributed by atoms with Crippen molar-refractivity contribution < 1.29 is 18.7 Å². The molecule has 2 rings (SSSR count). The van der Waals surface area contributed by atoms with Crippen LogP contribution in [0.1, 0.15) is 25.3 Å². The molecule has 2 amide bonds.